The first-order valence-corrected chi connectivity index (χ1v) is 9.98. The van der Waals surface area contributed by atoms with E-state index in [2.05, 4.69) is 17.6 Å². The zero-order valence-electron chi connectivity index (χ0n) is 13.4. The van der Waals surface area contributed by atoms with Crippen molar-refractivity contribution in [2.45, 2.75) is 50.0 Å². The van der Waals surface area contributed by atoms with Gasteiger partial charge >= 0.3 is 0 Å². The summed E-state index contributed by atoms with van der Waals surface area (Å²) in [5.74, 6) is 0.661. The third kappa shape index (κ3) is 5.75. The minimum atomic E-state index is -3.62. The maximum absolute atomic E-state index is 11.2. The number of nitrogens with one attached hydrogen (secondary N) is 2. The molecule has 0 radical (unpaired) electrons. The second-order valence-electron chi connectivity index (χ2n) is 6.21. The van der Waals surface area contributed by atoms with E-state index in [0.29, 0.717) is 23.6 Å². The molecule has 0 spiro atoms. The van der Waals surface area contributed by atoms with Crippen molar-refractivity contribution in [3.63, 3.8) is 0 Å². The second kappa shape index (κ2) is 8.08. The van der Waals surface area contributed by atoms with E-state index >= 15 is 0 Å². The molecule has 5 nitrogen and oxygen atoms in total. The number of primary sulfonamides is 1. The molecule has 0 aromatic heterocycles. The molecule has 1 saturated carbocycles. The van der Waals surface area contributed by atoms with E-state index in [0.717, 1.165) is 12.0 Å². The van der Waals surface area contributed by atoms with Crippen molar-refractivity contribution in [2.24, 2.45) is 11.1 Å². The molecule has 2 atom stereocenters. The van der Waals surface area contributed by atoms with Gasteiger partial charge < -0.3 is 10.6 Å². The Hall–Kier alpha value is -1.18. The summed E-state index contributed by atoms with van der Waals surface area (Å²) in [5, 5.41) is 12.4. The average Bonchev–Trinajstić information content (AvgIpc) is 2.49. The largest absolute Gasteiger partial charge is 0.362 e. The van der Waals surface area contributed by atoms with Crippen molar-refractivity contribution < 1.29 is 8.42 Å². The molecule has 1 aromatic carbocycles. The van der Waals surface area contributed by atoms with E-state index in [1.807, 2.05) is 0 Å². The smallest absolute Gasteiger partial charge is 0.238 e. The molecule has 1 aliphatic carbocycles. The number of rotatable bonds is 5. The SMILES string of the molecule is C[C@H]1CCCC[C@@H]1NC(=S)NCCc1ccc(S(N)(=O)=O)cc1. The fourth-order valence-electron chi connectivity index (χ4n) is 2.92. The molecule has 23 heavy (non-hydrogen) atoms. The van der Waals surface area contributed by atoms with E-state index in [1.165, 1.54) is 37.8 Å². The van der Waals surface area contributed by atoms with Crippen molar-refractivity contribution in [3.8, 4) is 0 Å². The first kappa shape index (κ1) is 18.2. The summed E-state index contributed by atoms with van der Waals surface area (Å²) in [6.07, 6.45) is 5.79. The van der Waals surface area contributed by atoms with Crippen LogP contribution in [0.3, 0.4) is 0 Å². The molecule has 7 heteroatoms. The van der Waals surface area contributed by atoms with Gasteiger partial charge in [-0.25, -0.2) is 13.6 Å². The molecular weight excluding hydrogens is 330 g/mol. The van der Waals surface area contributed by atoms with Crippen molar-refractivity contribution in [1.29, 1.82) is 0 Å². The summed E-state index contributed by atoms with van der Waals surface area (Å²) in [4.78, 5) is 0.137. The fraction of sp³-hybridized carbons (Fsp3) is 0.562. The zero-order chi connectivity index (χ0) is 16.9. The Morgan fingerprint density at radius 3 is 2.52 bits per heavy atom. The molecule has 2 rings (SSSR count). The number of nitrogens with two attached hydrogens (primary N) is 1. The van der Waals surface area contributed by atoms with Crippen LogP contribution in [0.4, 0.5) is 0 Å². The molecule has 0 unspecified atom stereocenters. The van der Waals surface area contributed by atoms with Crippen molar-refractivity contribution in [1.82, 2.24) is 10.6 Å². The third-order valence-corrected chi connectivity index (χ3v) is 5.57. The Labute approximate surface area is 144 Å². The van der Waals surface area contributed by atoms with Crippen molar-refractivity contribution in [3.05, 3.63) is 29.8 Å². The Bertz CT molecular complexity index is 629. The van der Waals surface area contributed by atoms with Gasteiger partial charge in [-0.05, 0) is 55.1 Å². The lowest BCUT2D eigenvalue weighted by atomic mass is 9.86. The Balaban J connectivity index is 1.75. The van der Waals surface area contributed by atoms with Gasteiger partial charge in [0.25, 0.3) is 0 Å². The summed E-state index contributed by atoms with van der Waals surface area (Å²) in [5.41, 5.74) is 1.04. The van der Waals surface area contributed by atoms with Crippen LogP contribution in [-0.2, 0) is 16.4 Å². The number of hydrogen-bond donors (Lipinski definition) is 3. The molecular formula is C16H25N3O2S2. The van der Waals surface area contributed by atoms with E-state index < -0.39 is 10.0 Å². The van der Waals surface area contributed by atoms with E-state index in [4.69, 9.17) is 17.4 Å². The predicted molar refractivity (Wildman–Crippen MR) is 96.7 cm³/mol. The Kier molecular flexibility index (Phi) is 6.38. The van der Waals surface area contributed by atoms with Crippen LogP contribution < -0.4 is 15.8 Å². The van der Waals surface area contributed by atoms with E-state index in [9.17, 15) is 8.42 Å². The lowest BCUT2D eigenvalue weighted by Gasteiger charge is -2.30. The molecule has 1 aromatic rings. The maximum Gasteiger partial charge on any atom is 0.238 e. The number of sulfonamides is 1. The molecule has 0 saturated heterocycles. The summed E-state index contributed by atoms with van der Waals surface area (Å²) in [7, 11) is -3.62. The van der Waals surface area contributed by atoms with Crippen LogP contribution in [0, 0.1) is 5.92 Å². The van der Waals surface area contributed by atoms with E-state index in [-0.39, 0.29) is 4.90 Å². The molecule has 1 fully saturated rings. The summed E-state index contributed by atoms with van der Waals surface area (Å²) in [6, 6.07) is 7.09. The quantitative estimate of drug-likeness (QED) is 0.703. The number of benzene rings is 1. The topological polar surface area (TPSA) is 84.2 Å². The van der Waals surface area contributed by atoms with Crippen LogP contribution >= 0.6 is 12.2 Å². The zero-order valence-corrected chi connectivity index (χ0v) is 15.1. The molecule has 0 aliphatic heterocycles. The van der Waals surface area contributed by atoms with Crippen LogP contribution in [0.25, 0.3) is 0 Å². The van der Waals surface area contributed by atoms with Gasteiger partial charge in [0, 0.05) is 12.6 Å². The van der Waals surface area contributed by atoms with Crippen LogP contribution in [0.15, 0.2) is 29.2 Å². The normalized spacial score (nSPS) is 21.7. The van der Waals surface area contributed by atoms with Crippen LogP contribution in [0.1, 0.15) is 38.2 Å². The summed E-state index contributed by atoms with van der Waals surface area (Å²) in [6.45, 7) is 2.98. The second-order valence-corrected chi connectivity index (χ2v) is 8.18. The van der Waals surface area contributed by atoms with Crippen molar-refractivity contribution in [2.75, 3.05) is 6.54 Å². The van der Waals surface area contributed by atoms with Gasteiger partial charge in [0.1, 0.15) is 0 Å². The monoisotopic (exact) mass is 355 g/mol. The number of hydrogen-bond acceptors (Lipinski definition) is 3. The van der Waals surface area contributed by atoms with Crippen LogP contribution in [0.5, 0.6) is 0 Å². The van der Waals surface area contributed by atoms with Crippen molar-refractivity contribution >= 4 is 27.4 Å². The van der Waals surface area contributed by atoms with Gasteiger partial charge in [-0.15, -0.1) is 0 Å². The predicted octanol–water partition coefficient (Wildman–Crippen LogP) is 1.92. The Morgan fingerprint density at radius 1 is 1.26 bits per heavy atom. The van der Waals surface area contributed by atoms with Crippen LogP contribution in [0.2, 0.25) is 0 Å². The lowest BCUT2D eigenvalue weighted by molar-refractivity contribution is 0.308. The first-order chi connectivity index (χ1) is 10.9. The van der Waals surface area contributed by atoms with Gasteiger partial charge in [0.05, 0.1) is 4.90 Å². The average molecular weight is 356 g/mol. The van der Waals surface area contributed by atoms with E-state index in [1.54, 1.807) is 12.1 Å². The standard InChI is InChI=1S/C16H25N3O2S2/c1-12-4-2-3-5-15(12)19-16(22)18-11-10-13-6-8-14(9-7-13)23(17,20)21/h6-9,12,15H,2-5,10-11H2,1H3,(H2,17,20,21)(H2,18,19,22)/t12-,15-/m0/s1. The third-order valence-electron chi connectivity index (χ3n) is 4.38. The van der Waals surface area contributed by atoms with Gasteiger partial charge in [0.2, 0.25) is 10.0 Å². The van der Waals surface area contributed by atoms with Gasteiger partial charge in [-0.1, -0.05) is 31.9 Å². The highest BCUT2D eigenvalue weighted by Crippen LogP contribution is 2.23. The molecule has 0 bridgehead atoms. The summed E-state index contributed by atoms with van der Waals surface area (Å²) < 4.78 is 22.4. The fourth-order valence-corrected chi connectivity index (χ4v) is 3.69. The minimum Gasteiger partial charge on any atom is -0.362 e. The minimum absolute atomic E-state index is 0.137. The van der Waals surface area contributed by atoms with Gasteiger partial charge in [-0.3, -0.25) is 0 Å². The van der Waals surface area contributed by atoms with Gasteiger partial charge in [0.15, 0.2) is 5.11 Å². The summed E-state index contributed by atoms with van der Waals surface area (Å²) >= 11 is 5.35. The highest BCUT2D eigenvalue weighted by atomic mass is 32.2. The maximum atomic E-state index is 11.2. The van der Waals surface area contributed by atoms with Crippen LogP contribution in [-0.4, -0.2) is 26.1 Å². The molecule has 4 N–H and O–H groups in total. The Morgan fingerprint density at radius 2 is 1.91 bits per heavy atom. The molecule has 1 aliphatic rings. The first-order valence-electron chi connectivity index (χ1n) is 8.02. The van der Waals surface area contributed by atoms with Gasteiger partial charge in [-0.2, -0.15) is 0 Å². The highest BCUT2D eigenvalue weighted by Gasteiger charge is 2.21. The highest BCUT2D eigenvalue weighted by molar-refractivity contribution is 7.89. The number of thiocarbonyl (C=S) groups is 1. The lowest BCUT2D eigenvalue weighted by Crippen LogP contribution is -2.46. The molecule has 0 heterocycles. The molecule has 0 amide bonds. The molecule has 128 valence electrons.